The van der Waals surface area contributed by atoms with Crippen LogP contribution < -0.4 is 10.1 Å². The first-order valence-electron chi connectivity index (χ1n) is 11.2. The number of aromatic nitrogens is 3. The van der Waals surface area contributed by atoms with E-state index in [4.69, 9.17) is 9.47 Å². The summed E-state index contributed by atoms with van der Waals surface area (Å²) < 4.78 is 23.9. The number of carbonyl (C=O) groups excluding carboxylic acids is 1. The van der Waals surface area contributed by atoms with Crippen molar-refractivity contribution in [2.24, 2.45) is 0 Å². The van der Waals surface area contributed by atoms with Crippen LogP contribution >= 0.6 is 11.8 Å². The van der Waals surface area contributed by atoms with Crippen molar-refractivity contribution in [3.8, 4) is 17.1 Å². The standard InChI is InChI=1S/C24H28FN5O3S/c1-32-20-8-4-17(5-9-20)21(16-22(31)26-10-11-30-12-14-33-15-13-30)34-24-27-23(28-29-24)18-2-6-19(25)7-3-18/h2-9,21H,10-16H2,1H3,(H,26,31)(H,27,28,29)/t21-/m0/s1. The van der Waals surface area contributed by atoms with E-state index in [0.717, 1.165) is 49.7 Å². The van der Waals surface area contributed by atoms with Crippen molar-refractivity contribution >= 4 is 17.7 Å². The zero-order chi connectivity index (χ0) is 23.8. The number of morpholine rings is 1. The molecule has 0 spiro atoms. The predicted octanol–water partition coefficient (Wildman–Crippen LogP) is 3.29. The van der Waals surface area contributed by atoms with Crippen LogP contribution in [0.4, 0.5) is 4.39 Å². The van der Waals surface area contributed by atoms with Gasteiger partial charge in [0.15, 0.2) is 5.82 Å². The maximum Gasteiger partial charge on any atom is 0.221 e. The Kier molecular flexibility index (Phi) is 8.51. The van der Waals surface area contributed by atoms with Gasteiger partial charge in [-0.1, -0.05) is 23.9 Å². The molecule has 8 nitrogen and oxygen atoms in total. The van der Waals surface area contributed by atoms with Crippen molar-refractivity contribution in [3.05, 3.63) is 59.9 Å². The number of rotatable bonds is 10. The van der Waals surface area contributed by atoms with E-state index in [-0.39, 0.29) is 23.4 Å². The van der Waals surface area contributed by atoms with E-state index in [1.807, 2.05) is 24.3 Å². The number of benzene rings is 2. The Morgan fingerprint density at radius 3 is 2.65 bits per heavy atom. The van der Waals surface area contributed by atoms with Crippen LogP contribution in [0.2, 0.25) is 0 Å². The Hall–Kier alpha value is -2.95. The Morgan fingerprint density at radius 2 is 1.94 bits per heavy atom. The maximum atomic E-state index is 13.2. The molecule has 1 atom stereocenters. The number of methoxy groups -OCH3 is 1. The summed E-state index contributed by atoms with van der Waals surface area (Å²) in [6, 6.07) is 13.7. The Morgan fingerprint density at radius 1 is 1.21 bits per heavy atom. The highest BCUT2D eigenvalue weighted by Gasteiger charge is 2.21. The molecule has 0 bridgehead atoms. The quantitative estimate of drug-likeness (QED) is 0.426. The fourth-order valence-corrected chi connectivity index (χ4v) is 4.65. The third-order valence-corrected chi connectivity index (χ3v) is 6.66. The molecule has 0 aliphatic carbocycles. The predicted molar refractivity (Wildman–Crippen MR) is 128 cm³/mol. The van der Waals surface area contributed by atoms with Gasteiger partial charge in [0.1, 0.15) is 11.6 Å². The number of carbonyl (C=O) groups is 1. The number of amides is 1. The summed E-state index contributed by atoms with van der Waals surface area (Å²) in [6.45, 7) is 4.65. The Balaban J connectivity index is 1.41. The number of hydrogen-bond acceptors (Lipinski definition) is 7. The highest BCUT2D eigenvalue weighted by Crippen LogP contribution is 2.37. The summed E-state index contributed by atoms with van der Waals surface area (Å²) in [4.78, 5) is 19.6. The lowest BCUT2D eigenvalue weighted by atomic mass is 10.1. The van der Waals surface area contributed by atoms with Crippen LogP contribution in [0.3, 0.4) is 0 Å². The summed E-state index contributed by atoms with van der Waals surface area (Å²) >= 11 is 1.41. The largest absolute Gasteiger partial charge is 0.497 e. The molecule has 1 fully saturated rings. The fourth-order valence-electron chi connectivity index (χ4n) is 3.63. The van der Waals surface area contributed by atoms with E-state index < -0.39 is 0 Å². The number of aromatic amines is 1. The van der Waals surface area contributed by atoms with Crippen molar-refractivity contribution < 1.29 is 18.7 Å². The molecule has 0 radical (unpaired) electrons. The summed E-state index contributed by atoms with van der Waals surface area (Å²) in [6.07, 6.45) is 0.278. The van der Waals surface area contributed by atoms with Crippen LogP contribution in [0, 0.1) is 5.82 Å². The highest BCUT2D eigenvalue weighted by molar-refractivity contribution is 7.99. The van der Waals surface area contributed by atoms with Gasteiger partial charge in [0.25, 0.3) is 0 Å². The second-order valence-corrected chi connectivity index (χ2v) is 9.03. The van der Waals surface area contributed by atoms with Crippen LogP contribution in [0.5, 0.6) is 5.75 Å². The minimum atomic E-state index is -0.308. The lowest BCUT2D eigenvalue weighted by Gasteiger charge is -2.26. The second kappa shape index (κ2) is 12.0. The van der Waals surface area contributed by atoms with E-state index in [0.29, 0.717) is 17.5 Å². The molecule has 1 saturated heterocycles. The highest BCUT2D eigenvalue weighted by atomic mass is 32.2. The van der Waals surface area contributed by atoms with Gasteiger partial charge in [-0.05, 0) is 42.0 Å². The zero-order valence-corrected chi connectivity index (χ0v) is 19.8. The number of nitrogens with one attached hydrogen (secondary N) is 2. The van der Waals surface area contributed by atoms with Crippen LogP contribution in [0.15, 0.2) is 53.7 Å². The van der Waals surface area contributed by atoms with E-state index in [1.54, 1.807) is 19.2 Å². The molecule has 10 heteroatoms. The molecule has 2 aromatic carbocycles. The minimum absolute atomic E-state index is 0.0316. The topological polar surface area (TPSA) is 92.4 Å². The molecule has 1 aromatic heterocycles. The van der Waals surface area contributed by atoms with Crippen molar-refractivity contribution in [3.63, 3.8) is 0 Å². The van der Waals surface area contributed by atoms with Crippen LogP contribution in [-0.4, -0.2) is 72.5 Å². The maximum absolute atomic E-state index is 13.2. The van der Waals surface area contributed by atoms with Crippen molar-refractivity contribution in [2.75, 3.05) is 46.5 Å². The molecule has 2 N–H and O–H groups in total. The molecule has 1 aliphatic rings. The van der Waals surface area contributed by atoms with Gasteiger partial charge < -0.3 is 14.8 Å². The molecule has 0 saturated carbocycles. The third kappa shape index (κ3) is 6.78. The van der Waals surface area contributed by atoms with Gasteiger partial charge in [0, 0.05) is 43.4 Å². The molecular weight excluding hydrogens is 457 g/mol. The third-order valence-electron chi connectivity index (χ3n) is 5.54. The monoisotopic (exact) mass is 485 g/mol. The van der Waals surface area contributed by atoms with Crippen LogP contribution in [0.1, 0.15) is 17.2 Å². The molecule has 3 aromatic rings. The summed E-state index contributed by atoms with van der Waals surface area (Å²) in [5, 5.41) is 10.6. The summed E-state index contributed by atoms with van der Waals surface area (Å²) in [7, 11) is 1.62. The SMILES string of the molecule is COc1ccc([C@H](CC(=O)NCCN2CCOCC2)Sc2n[nH]c(-c3ccc(F)cc3)n2)cc1. The fraction of sp³-hybridized carbons (Fsp3) is 0.375. The molecule has 0 unspecified atom stereocenters. The van der Waals surface area contributed by atoms with E-state index in [9.17, 15) is 9.18 Å². The summed E-state index contributed by atoms with van der Waals surface area (Å²) in [5.41, 5.74) is 1.71. The van der Waals surface area contributed by atoms with Gasteiger partial charge in [0.05, 0.1) is 20.3 Å². The molecular formula is C24H28FN5O3S. The average Bonchev–Trinajstić information content (AvgIpc) is 3.33. The average molecular weight is 486 g/mol. The number of hydrogen-bond donors (Lipinski definition) is 2. The molecule has 1 amide bonds. The Labute approximate surface area is 202 Å². The Bertz CT molecular complexity index is 1060. The van der Waals surface area contributed by atoms with Gasteiger partial charge in [-0.15, -0.1) is 5.10 Å². The van der Waals surface area contributed by atoms with E-state index >= 15 is 0 Å². The molecule has 1 aliphatic heterocycles. The number of halogens is 1. The smallest absolute Gasteiger partial charge is 0.221 e. The summed E-state index contributed by atoms with van der Waals surface area (Å²) in [5.74, 6) is 0.956. The lowest BCUT2D eigenvalue weighted by Crippen LogP contribution is -2.41. The van der Waals surface area contributed by atoms with Gasteiger partial charge in [0.2, 0.25) is 11.1 Å². The molecule has 4 rings (SSSR count). The first-order valence-corrected chi connectivity index (χ1v) is 12.0. The van der Waals surface area contributed by atoms with E-state index in [1.165, 1.54) is 23.9 Å². The number of ether oxygens (including phenoxy) is 2. The van der Waals surface area contributed by atoms with Crippen molar-refractivity contribution in [1.82, 2.24) is 25.4 Å². The first kappa shape index (κ1) is 24.2. The molecule has 180 valence electrons. The molecule has 2 heterocycles. The molecule has 34 heavy (non-hydrogen) atoms. The van der Waals surface area contributed by atoms with Gasteiger partial charge >= 0.3 is 0 Å². The number of nitrogens with zero attached hydrogens (tertiary/aromatic N) is 3. The van der Waals surface area contributed by atoms with Crippen molar-refractivity contribution in [2.45, 2.75) is 16.8 Å². The van der Waals surface area contributed by atoms with E-state index in [2.05, 4.69) is 25.4 Å². The second-order valence-electron chi connectivity index (χ2n) is 7.86. The van der Waals surface area contributed by atoms with Gasteiger partial charge in [-0.3, -0.25) is 14.8 Å². The van der Waals surface area contributed by atoms with Crippen LogP contribution in [-0.2, 0) is 9.53 Å². The van der Waals surface area contributed by atoms with Crippen LogP contribution in [0.25, 0.3) is 11.4 Å². The number of H-pyrrole nitrogens is 1. The van der Waals surface area contributed by atoms with Gasteiger partial charge in [-0.2, -0.15) is 0 Å². The lowest BCUT2D eigenvalue weighted by molar-refractivity contribution is -0.121. The van der Waals surface area contributed by atoms with Crippen molar-refractivity contribution in [1.29, 1.82) is 0 Å². The number of thioether (sulfide) groups is 1. The minimum Gasteiger partial charge on any atom is -0.497 e. The zero-order valence-electron chi connectivity index (χ0n) is 19.0. The first-order chi connectivity index (χ1) is 16.6. The normalized spacial score (nSPS) is 15.1. The van der Waals surface area contributed by atoms with Gasteiger partial charge in [-0.25, -0.2) is 9.37 Å².